The Kier molecular flexibility index (Phi) is 5.63. The van der Waals surface area contributed by atoms with Gasteiger partial charge in [-0.3, -0.25) is 0 Å². The first-order valence-electron chi connectivity index (χ1n) is 6.54. The lowest BCUT2D eigenvalue weighted by Crippen LogP contribution is -2.00. The summed E-state index contributed by atoms with van der Waals surface area (Å²) < 4.78 is 12.4. The normalized spacial score (nSPS) is 10.8. The quantitative estimate of drug-likeness (QED) is 0.482. The zero-order chi connectivity index (χ0) is 15.1. The van der Waals surface area contributed by atoms with E-state index >= 15 is 0 Å². The van der Waals surface area contributed by atoms with Gasteiger partial charge in [-0.25, -0.2) is 0 Å². The smallest absolute Gasteiger partial charge is 0.161 e. The second-order valence-corrected chi connectivity index (χ2v) is 5.21. The van der Waals surface area contributed by atoms with E-state index in [1.165, 1.54) is 6.21 Å². The van der Waals surface area contributed by atoms with Crippen molar-refractivity contribution in [2.24, 2.45) is 5.16 Å². The van der Waals surface area contributed by atoms with E-state index in [0.717, 1.165) is 15.6 Å². The number of oxime groups is 1. The fraction of sp³-hybridized carbons (Fsp3) is 0.188. The highest BCUT2D eigenvalue weighted by Gasteiger charge is 2.06. The molecule has 0 aliphatic heterocycles. The van der Waals surface area contributed by atoms with Crippen LogP contribution in [0.3, 0.4) is 0 Å². The van der Waals surface area contributed by atoms with Crippen LogP contribution in [-0.4, -0.2) is 18.0 Å². The molecule has 0 saturated heterocycles. The van der Waals surface area contributed by atoms with Gasteiger partial charge in [0.15, 0.2) is 11.5 Å². The van der Waals surface area contributed by atoms with Crippen LogP contribution in [0, 0.1) is 0 Å². The van der Waals surface area contributed by atoms with Crippen LogP contribution >= 0.6 is 15.9 Å². The summed E-state index contributed by atoms with van der Waals surface area (Å²) in [4.78, 5) is 0. The number of halogens is 1. The van der Waals surface area contributed by atoms with Gasteiger partial charge >= 0.3 is 0 Å². The Hall–Kier alpha value is -2.01. The number of nitrogens with zero attached hydrogens (tertiary/aromatic N) is 1. The van der Waals surface area contributed by atoms with Crippen molar-refractivity contribution in [1.82, 2.24) is 0 Å². The highest BCUT2D eigenvalue weighted by molar-refractivity contribution is 9.10. The van der Waals surface area contributed by atoms with Gasteiger partial charge in [-0.2, -0.15) is 0 Å². The lowest BCUT2D eigenvalue weighted by atomic mass is 10.2. The summed E-state index contributed by atoms with van der Waals surface area (Å²) in [6.07, 6.45) is 1.35. The fourth-order valence-electron chi connectivity index (χ4n) is 1.80. The predicted molar refractivity (Wildman–Crippen MR) is 85.5 cm³/mol. The third-order valence-electron chi connectivity index (χ3n) is 2.78. The molecule has 110 valence electrons. The molecule has 21 heavy (non-hydrogen) atoms. The van der Waals surface area contributed by atoms with Crippen LogP contribution in [0.15, 0.2) is 52.1 Å². The molecule has 0 bridgehead atoms. The van der Waals surface area contributed by atoms with Crippen molar-refractivity contribution in [3.05, 3.63) is 58.1 Å². The van der Waals surface area contributed by atoms with Crippen molar-refractivity contribution in [1.29, 1.82) is 0 Å². The Balaban J connectivity index is 2.12. The number of benzene rings is 2. The molecule has 0 saturated carbocycles. The fourth-order valence-corrected chi connectivity index (χ4v) is 2.07. The summed E-state index contributed by atoms with van der Waals surface area (Å²) in [6.45, 7) is 2.90. The summed E-state index contributed by atoms with van der Waals surface area (Å²) in [5.74, 6) is 1.29. The van der Waals surface area contributed by atoms with E-state index in [1.807, 2.05) is 31.2 Å². The van der Waals surface area contributed by atoms with Gasteiger partial charge < -0.3 is 14.7 Å². The minimum Gasteiger partial charge on any atom is -0.490 e. The molecule has 0 spiro atoms. The number of rotatable bonds is 6. The van der Waals surface area contributed by atoms with Gasteiger partial charge in [-0.05, 0) is 42.8 Å². The third-order valence-corrected chi connectivity index (χ3v) is 3.31. The van der Waals surface area contributed by atoms with Gasteiger partial charge in [0.1, 0.15) is 6.61 Å². The minimum absolute atomic E-state index is 0.459. The molecule has 0 aliphatic rings. The molecule has 0 radical (unpaired) electrons. The van der Waals surface area contributed by atoms with Crippen molar-refractivity contribution in [2.75, 3.05) is 6.61 Å². The largest absolute Gasteiger partial charge is 0.490 e. The van der Waals surface area contributed by atoms with Gasteiger partial charge in [0.2, 0.25) is 0 Å². The molecule has 0 aliphatic carbocycles. The summed E-state index contributed by atoms with van der Waals surface area (Å²) in [7, 11) is 0. The van der Waals surface area contributed by atoms with Crippen molar-refractivity contribution >= 4 is 22.1 Å². The van der Waals surface area contributed by atoms with Crippen LogP contribution in [0.2, 0.25) is 0 Å². The summed E-state index contributed by atoms with van der Waals surface area (Å²) in [5, 5.41) is 11.6. The number of ether oxygens (including phenoxy) is 2. The predicted octanol–water partition coefficient (Wildman–Crippen LogP) is 4.23. The van der Waals surface area contributed by atoms with Crippen LogP contribution in [-0.2, 0) is 6.61 Å². The SMILES string of the molecule is CCOc1cc(/C=N\O)ccc1OCc1ccc(Br)cc1. The van der Waals surface area contributed by atoms with Crippen molar-refractivity contribution in [2.45, 2.75) is 13.5 Å². The minimum atomic E-state index is 0.459. The molecule has 0 amide bonds. The van der Waals surface area contributed by atoms with E-state index in [4.69, 9.17) is 14.7 Å². The van der Waals surface area contributed by atoms with Gasteiger partial charge in [0.05, 0.1) is 12.8 Å². The molecule has 0 unspecified atom stereocenters. The Bertz CT molecular complexity index is 611. The monoisotopic (exact) mass is 349 g/mol. The molecule has 0 aromatic heterocycles. The first kappa shape index (κ1) is 15.4. The average Bonchev–Trinajstić information content (AvgIpc) is 2.49. The first-order valence-corrected chi connectivity index (χ1v) is 7.33. The lowest BCUT2D eigenvalue weighted by Gasteiger charge is -2.12. The molecule has 4 nitrogen and oxygen atoms in total. The number of hydrogen-bond donors (Lipinski definition) is 1. The maximum absolute atomic E-state index is 8.58. The van der Waals surface area contributed by atoms with Crippen LogP contribution in [0.1, 0.15) is 18.1 Å². The van der Waals surface area contributed by atoms with Crippen molar-refractivity contribution in [3.8, 4) is 11.5 Å². The average molecular weight is 350 g/mol. The molecular weight excluding hydrogens is 334 g/mol. The molecule has 2 aromatic rings. The molecule has 2 aromatic carbocycles. The van der Waals surface area contributed by atoms with Gasteiger partial charge in [-0.1, -0.05) is 33.2 Å². The highest BCUT2D eigenvalue weighted by atomic mass is 79.9. The second-order valence-electron chi connectivity index (χ2n) is 4.30. The highest BCUT2D eigenvalue weighted by Crippen LogP contribution is 2.29. The lowest BCUT2D eigenvalue weighted by molar-refractivity contribution is 0.269. The van der Waals surface area contributed by atoms with Crippen LogP contribution < -0.4 is 9.47 Å². The molecule has 5 heteroatoms. The van der Waals surface area contributed by atoms with E-state index in [1.54, 1.807) is 18.2 Å². The molecule has 2 rings (SSSR count). The third kappa shape index (κ3) is 4.49. The number of hydrogen-bond acceptors (Lipinski definition) is 4. The van der Waals surface area contributed by atoms with Crippen LogP contribution in [0.5, 0.6) is 11.5 Å². The summed E-state index contributed by atoms with van der Waals surface area (Å²) >= 11 is 3.40. The van der Waals surface area contributed by atoms with E-state index < -0.39 is 0 Å². The van der Waals surface area contributed by atoms with E-state index in [0.29, 0.717) is 24.7 Å². The summed E-state index contributed by atoms with van der Waals surface area (Å²) in [6, 6.07) is 13.3. The Morgan fingerprint density at radius 3 is 2.52 bits per heavy atom. The zero-order valence-corrected chi connectivity index (χ0v) is 13.2. The Morgan fingerprint density at radius 2 is 1.86 bits per heavy atom. The maximum atomic E-state index is 8.58. The molecule has 0 atom stereocenters. The second kappa shape index (κ2) is 7.69. The Morgan fingerprint density at radius 1 is 1.10 bits per heavy atom. The van der Waals surface area contributed by atoms with Crippen LogP contribution in [0.4, 0.5) is 0 Å². The topological polar surface area (TPSA) is 51.0 Å². The van der Waals surface area contributed by atoms with Crippen molar-refractivity contribution < 1.29 is 14.7 Å². The molecule has 0 fully saturated rings. The maximum Gasteiger partial charge on any atom is 0.161 e. The first-order chi connectivity index (χ1) is 10.2. The van der Waals surface area contributed by atoms with Gasteiger partial charge in [0, 0.05) is 10.0 Å². The van der Waals surface area contributed by atoms with Crippen molar-refractivity contribution in [3.63, 3.8) is 0 Å². The standard InChI is InChI=1S/C16H16BrNO3/c1-2-20-16-9-13(10-18-19)5-8-15(16)21-11-12-3-6-14(17)7-4-12/h3-10,19H,2,11H2,1H3/b18-10-. The summed E-state index contributed by atoms with van der Waals surface area (Å²) in [5.41, 5.74) is 1.82. The van der Waals surface area contributed by atoms with E-state index in [-0.39, 0.29) is 0 Å². The Labute approximate surface area is 132 Å². The molecular formula is C16H16BrNO3. The van der Waals surface area contributed by atoms with E-state index in [9.17, 15) is 0 Å². The van der Waals surface area contributed by atoms with Gasteiger partial charge in [-0.15, -0.1) is 0 Å². The zero-order valence-electron chi connectivity index (χ0n) is 11.6. The van der Waals surface area contributed by atoms with Crippen LogP contribution in [0.25, 0.3) is 0 Å². The molecule has 1 N–H and O–H groups in total. The van der Waals surface area contributed by atoms with E-state index in [2.05, 4.69) is 21.1 Å². The molecule has 0 heterocycles. The van der Waals surface area contributed by atoms with Gasteiger partial charge in [0.25, 0.3) is 0 Å².